The van der Waals surface area contributed by atoms with Gasteiger partial charge >= 0.3 is 0 Å². The average molecular weight is 370 g/mol. The lowest BCUT2D eigenvalue weighted by molar-refractivity contribution is -0.127. The Morgan fingerprint density at radius 2 is 1.78 bits per heavy atom. The van der Waals surface area contributed by atoms with Crippen LogP contribution in [0.1, 0.15) is 13.3 Å². The SMILES string of the molecule is CCCOc1ccc(OCCN2C[C@@H](C(=O)NC)Oc3ccccc32)cc1. The number of rotatable bonds is 8. The van der Waals surface area contributed by atoms with Crippen LogP contribution >= 0.6 is 0 Å². The Labute approximate surface area is 160 Å². The van der Waals surface area contributed by atoms with Crippen LogP contribution in [0.2, 0.25) is 0 Å². The van der Waals surface area contributed by atoms with E-state index in [2.05, 4.69) is 17.1 Å². The Bertz CT molecular complexity index is 748. The first-order valence-corrected chi connectivity index (χ1v) is 9.29. The van der Waals surface area contributed by atoms with Crippen LogP contribution in [-0.4, -0.2) is 45.4 Å². The standard InChI is InChI=1S/C21H26N2O4/c1-3-13-25-16-8-10-17(11-9-16)26-14-12-23-15-20(21(24)22-2)27-19-7-5-4-6-18(19)23/h4-11,20H,3,12-15H2,1-2H3,(H,22,24)/t20-/m0/s1. The molecule has 1 atom stereocenters. The van der Waals surface area contributed by atoms with E-state index in [1.54, 1.807) is 7.05 Å². The van der Waals surface area contributed by atoms with E-state index in [9.17, 15) is 4.79 Å². The van der Waals surface area contributed by atoms with Gasteiger partial charge in [-0.3, -0.25) is 4.79 Å². The molecule has 27 heavy (non-hydrogen) atoms. The molecule has 1 aliphatic rings. The van der Waals surface area contributed by atoms with Gasteiger partial charge in [-0.05, 0) is 42.8 Å². The van der Waals surface area contributed by atoms with Crippen molar-refractivity contribution in [1.29, 1.82) is 0 Å². The summed E-state index contributed by atoms with van der Waals surface area (Å²) >= 11 is 0. The van der Waals surface area contributed by atoms with E-state index in [-0.39, 0.29) is 5.91 Å². The van der Waals surface area contributed by atoms with E-state index in [1.165, 1.54) is 0 Å². The molecule has 0 bridgehead atoms. The highest BCUT2D eigenvalue weighted by molar-refractivity contribution is 5.83. The van der Waals surface area contributed by atoms with Crippen LogP contribution in [0.25, 0.3) is 0 Å². The number of carbonyl (C=O) groups is 1. The first-order valence-electron chi connectivity index (χ1n) is 9.29. The molecular weight excluding hydrogens is 344 g/mol. The van der Waals surface area contributed by atoms with Crippen LogP contribution < -0.4 is 24.4 Å². The van der Waals surface area contributed by atoms with E-state index >= 15 is 0 Å². The van der Waals surface area contributed by atoms with Crippen LogP contribution in [0.4, 0.5) is 5.69 Å². The Morgan fingerprint density at radius 3 is 2.44 bits per heavy atom. The molecule has 0 saturated carbocycles. The van der Waals surface area contributed by atoms with Gasteiger partial charge in [-0.1, -0.05) is 19.1 Å². The number of carbonyl (C=O) groups excluding carboxylic acids is 1. The van der Waals surface area contributed by atoms with Gasteiger partial charge in [0.15, 0.2) is 6.10 Å². The number of fused-ring (bicyclic) bond motifs is 1. The molecule has 0 saturated heterocycles. The highest BCUT2D eigenvalue weighted by Gasteiger charge is 2.29. The van der Waals surface area contributed by atoms with Gasteiger partial charge in [-0.2, -0.15) is 0 Å². The van der Waals surface area contributed by atoms with Crippen molar-refractivity contribution in [2.75, 3.05) is 38.3 Å². The molecule has 1 heterocycles. The van der Waals surface area contributed by atoms with Crippen molar-refractivity contribution >= 4 is 11.6 Å². The molecule has 6 nitrogen and oxygen atoms in total. The van der Waals surface area contributed by atoms with Crippen molar-refractivity contribution in [1.82, 2.24) is 5.32 Å². The van der Waals surface area contributed by atoms with Crippen molar-refractivity contribution in [3.8, 4) is 17.2 Å². The van der Waals surface area contributed by atoms with Crippen LogP contribution in [0, 0.1) is 0 Å². The van der Waals surface area contributed by atoms with Gasteiger partial charge < -0.3 is 24.4 Å². The quantitative estimate of drug-likeness (QED) is 0.774. The number of hydrogen-bond acceptors (Lipinski definition) is 5. The zero-order chi connectivity index (χ0) is 19.1. The molecular formula is C21H26N2O4. The van der Waals surface area contributed by atoms with Crippen LogP contribution in [0.15, 0.2) is 48.5 Å². The number of hydrogen-bond donors (Lipinski definition) is 1. The summed E-state index contributed by atoms with van der Waals surface area (Å²) in [6, 6.07) is 15.4. The molecule has 1 aliphatic heterocycles. The number of nitrogens with zero attached hydrogens (tertiary/aromatic N) is 1. The fourth-order valence-corrected chi connectivity index (χ4v) is 2.94. The minimum Gasteiger partial charge on any atom is -0.494 e. The van der Waals surface area contributed by atoms with Gasteiger partial charge in [0.25, 0.3) is 5.91 Å². The minimum atomic E-state index is -0.528. The molecule has 0 unspecified atom stereocenters. The topological polar surface area (TPSA) is 60.0 Å². The lowest BCUT2D eigenvalue weighted by Gasteiger charge is -2.35. The first-order chi connectivity index (χ1) is 13.2. The number of ether oxygens (including phenoxy) is 3. The largest absolute Gasteiger partial charge is 0.494 e. The second kappa shape index (κ2) is 9.16. The summed E-state index contributed by atoms with van der Waals surface area (Å²) < 4.78 is 17.3. The number of amides is 1. The molecule has 3 rings (SSSR count). The number of nitrogens with one attached hydrogen (secondary N) is 1. The van der Waals surface area contributed by atoms with Crippen LogP contribution in [0.5, 0.6) is 17.2 Å². The summed E-state index contributed by atoms with van der Waals surface area (Å²) in [6.07, 6.45) is 0.455. The second-order valence-corrected chi connectivity index (χ2v) is 6.30. The highest BCUT2D eigenvalue weighted by atomic mass is 16.5. The molecule has 1 N–H and O–H groups in total. The number of likely N-dealkylation sites (N-methyl/N-ethyl adjacent to an activating group) is 1. The summed E-state index contributed by atoms with van der Waals surface area (Å²) in [6.45, 7) is 4.44. The van der Waals surface area contributed by atoms with Gasteiger partial charge in [0.05, 0.1) is 25.4 Å². The summed E-state index contributed by atoms with van der Waals surface area (Å²) in [5.41, 5.74) is 0.976. The Kier molecular flexibility index (Phi) is 6.41. The predicted molar refractivity (Wildman–Crippen MR) is 105 cm³/mol. The normalized spacial score (nSPS) is 15.5. The van der Waals surface area contributed by atoms with Crippen molar-refractivity contribution in [3.05, 3.63) is 48.5 Å². The van der Waals surface area contributed by atoms with Crippen LogP contribution in [-0.2, 0) is 4.79 Å². The average Bonchev–Trinajstić information content (AvgIpc) is 2.72. The maximum atomic E-state index is 12.0. The molecule has 2 aromatic carbocycles. The molecule has 144 valence electrons. The number of para-hydroxylation sites is 2. The number of anilines is 1. The predicted octanol–water partition coefficient (Wildman–Crippen LogP) is 2.87. The summed E-state index contributed by atoms with van der Waals surface area (Å²) in [4.78, 5) is 14.1. The minimum absolute atomic E-state index is 0.127. The van der Waals surface area contributed by atoms with Crippen molar-refractivity contribution in [2.45, 2.75) is 19.4 Å². The smallest absolute Gasteiger partial charge is 0.262 e. The molecule has 0 aliphatic carbocycles. The molecule has 6 heteroatoms. The fourth-order valence-electron chi connectivity index (χ4n) is 2.94. The van der Waals surface area contributed by atoms with Crippen molar-refractivity contribution in [2.24, 2.45) is 0 Å². The maximum Gasteiger partial charge on any atom is 0.262 e. The van der Waals surface area contributed by atoms with E-state index in [1.807, 2.05) is 48.5 Å². The third-order valence-electron chi connectivity index (χ3n) is 4.33. The third kappa shape index (κ3) is 4.84. The number of benzene rings is 2. The van der Waals surface area contributed by atoms with Gasteiger partial charge in [0.1, 0.15) is 23.9 Å². The molecule has 1 amide bonds. The lowest BCUT2D eigenvalue weighted by atomic mass is 10.2. The zero-order valence-corrected chi connectivity index (χ0v) is 15.8. The third-order valence-corrected chi connectivity index (χ3v) is 4.33. The Balaban J connectivity index is 1.58. The van der Waals surface area contributed by atoms with Gasteiger partial charge in [0, 0.05) is 7.05 Å². The van der Waals surface area contributed by atoms with Crippen molar-refractivity contribution in [3.63, 3.8) is 0 Å². The molecule has 0 aromatic heterocycles. The maximum absolute atomic E-state index is 12.0. The fraction of sp³-hybridized carbons (Fsp3) is 0.381. The van der Waals surface area contributed by atoms with E-state index in [0.717, 1.165) is 29.4 Å². The highest BCUT2D eigenvalue weighted by Crippen LogP contribution is 2.32. The van der Waals surface area contributed by atoms with Gasteiger partial charge in [-0.15, -0.1) is 0 Å². The Morgan fingerprint density at radius 1 is 1.11 bits per heavy atom. The molecule has 2 aromatic rings. The summed E-state index contributed by atoms with van der Waals surface area (Å²) in [5, 5.41) is 2.65. The van der Waals surface area contributed by atoms with Gasteiger partial charge in [-0.25, -0.2) is 0 Å². The lowest BCUT2D eigenvalue weighted by Crippen LogP contribution is -2.49. The molecule has 0 spiro atoms. The molecule has 0 fully saturated rings. The monoisotopic (exact) mass is 370 g/mol. The second-order valence-electron chi connectivity index (χ2n) is 6.30. The first kappa shape index (κ1) is 18.9. The van der Waals surface area contributed by atoms with Crippen molar-refractivity contribution < 1.29 is 19.0 Å². The Hall–Kier alpha value is -2.89. The zero-order valence-electron chi connectivity index (χ0n) is 15.8. The van der Waals surface area contributed by atoms with Crippen LogP contribution in [0.3, 0.4) is 0 Å². The van der Waals surface area contributed by atoms with E-state index < -0.39 is 6.10 Å². The summed E-state index contributed by atoms with van der Waals surface area (Å²) in [7, 11) is 1.62. The summed E-state index contributed by atoms with van der Waals surface area (Å²) in [5.74, 6) is 2.23. The molecule has 0 radical (unpaired) electrons. The van der Waals surface area contributed by atoms with E-state index in [0.29, 0.717) is 26.3 Å². The van der Waals surface area contributed by atoms with Gasteiger partial charge in [0.2, 0.25) is 0 Å². The van der Waals surface area contributed by atoms with E-state index in [4.69, 9.17) is 14.2 Å².